The van der Waals surface area contributed by atoms with Gasteiger partial charge in [-0.1, -0.05) is 79.2 Å². The van der Waals surface area contributed by atoms with E-state index in [9.17, 15) is 32.7 Å². The van der Waals surface area contributed by atoms with Gasteiger partial charge in [0.05, 0.1) is 5.56 Å². The summed E-state index contributed by atoms with van der Waals surface area (Å²) in [5.41, 5.74) is 4.25. The molecule has 0 spiro atoms. The van der Waals surface area contributed by atoms with Crippen molar-refractivity contribution in [2.45, 2.75) is 63.5 Å². The van der Waals surface area contributed by atoms with Crippen LogP contribution in [0.2, 0.25) is 0 Å². The molecule has 248 valence electrons. The van der Waals surface area contributed by atoms with E-state index in [2.05, 4.69) is 5.32 Å². The first-order valence-electron chi connectivity index (χ1n) is 15.9. The lowest BCUT2D eigenvalue weighted by molar-refractivity contribution is -0.148. The number of benzene rings is 4. The number of carboxylic acids is 1. The minimum atomic E-state index is -4.42. The Morgan fingerprint density at radius 2 is 1.52 bits per heavy atom. The summed E-state index contributed by atoms with van der Waals surface area (Å²) in [5.74, 6) is -1.52. The van der Waals surface area contributed by atoms with Gasteiger partial charge in [0.2, 0.25) is 11.8 Å². The monoisotopic (exact) mass is 656 g/mol. The first kappa shape index (κ1) is 32.8. The van der Waals surface area contributed by atoms with Crippen molar-refractivity contribution in [2.75, 3.05) is 0 Å². The minimum Gasteiger partial charge on any atom is -0.489 e. The van der Waals surface area contributed by atoms with Gasteiger partial charge in [0.15, 0.2) is 0 Å². The summed E-state index contributed by atoms with van der Waals surface area (Å²) >= 11 is 0. The maximum atomic E-state index is 13.7. The molecule has 1 fully saturated rings. The Kier molecular flexibility index (Phi) is 9.52. The highest BCUT2D eigenvalue weighted by Gasteiger charge is 2.40. The van der Waals surface area contributed by atoms with E-state index in [0.29, 0.717) is 11.3 Å². The Balaban J connectivity index is 1.15. The van der Waals surface area contributed by atoms with Crippen LogP contribution in [0.5, 0.6) is 5.75 Å². The van der Waals surface area contributed by atoms with E-state index < -0.39 is 35.7 Å². The number of nitrogens with one attached hydrogen (secondary N) is 1. The maximum Gasteiger partial charge on any atom is 0.416 e. The van der Waals surface area contributed by atoms with E-state index in [4.69, 9.17) is 4.74 Å². The zero-order chi connectivity index (χ0) is 33.8. The molecule has 1 aliphatic heterocycles. The average molecular weight is 657 g/mol. The number of alkyl halides is 3. The van der Waals surface area contributed by atoms with Crippen molar-refractivity contribution in [3.05, 3.63) is 125 Å². The first-order valence-corrected chi connectivity index (χ1v) is 15.9. The van der Waals surface area contributed by atoms with Crippen molar-refractivity contribution in [2.24, 2.45) is 5.92 Å². The molecular weight excluding hydrogens is 621 g/mol. The van der Waals surface area contributed by atoms with Gasteiger partial charge in [-0.05, 0) is 70.5 Å². The number of carbonyl (C=O) groups excluding carboxylic acids is 2. The number of rotatable bonds is 10. The molecule has 1 aliphatic carbocycles. The Morgan fingerprint density at radius 3 is 2.15 bits per heavy atom. The van der Waals surface area contributed by atoms with Gasteiger partial charge in [0.25, 0.3) is 0 Å². The fraction of sp³-hybridized carbons (Fsp3) is 0.289. The molecule has 0 bridgehead atoms. The van der Waals surface area contributed by atoms with Crippen LogP contribution in [0.3, 0.4) is 0 Å². The van der Waals surface area contributed by atoms with Crippen LogP contribution in [0.15, 0.2) is 97.1 Å². The summed E-state index contributed by atoms with van der Waals surface area (Å²) in [4.78, 5) is 41.2. The fourth-order valence-corrected chi connectivity index (χ4v) is 6.13. The highest BCUT2D eigenvalue weighted by molar-refractivity contribution is 5.92. The number of aliphatic carboxylic acids is 1. The smallest absolute Gasteiger partial charge is 0.416 e. The Morgan fingerprint density at radius 1 is 0.854 bits per heavy atom. The molecule has 0 unspecified atom stereocenters. The number of amides is 2. The lowest BCUT2D eigenvalue weighted by atomic mass is 9.82. The van der Waals surface area contributed by atoms with E-state index >= 15 is 0 Å². The molecule has 2 atom stereocenters. The number of hydrogen-bond donors (Lipinski definition) is 2. The average Bonchev–Trinajstić information content (AvgIpc) is 3.06. The number of hydrogen-bond acceptors (Lipinski definition) is 4. The maximum absolute atomic E-state index is 13.7. The highest BCUT2D eigenvalue weighted by atomic mass is 19.4. The van der Waals surface area contributed by atoms with Crippen LogP contribution in [0, 0.1) is 5.92 Å². The summed E-state index contributed by atoms with van der Waals surface area (Å²) in [6, 6.07) is 25.4. The summed E-state index contributed by atoms with van der Waals surface area (Å²) in [5, 5.41) is 12.7. The second-order valence-corrected chi connectivity index (χ2v) is 12.4. The highest BCUT2D eigenvalue weighted by Crippen LogP contribution is 2.34. The minimum absolute atomic E-state index is 0.0538. The van der Waals surface area contributed by atoms with Gasteiger partial charge in [-0.15, -0.1) is 0 Å². The van der Waals surface area contributed by atoms with Crippen LogP contribution in [0.4, 0.5) is 13.2 Å². The van der Waals surface area contributed by atoms with Crippen LogP contribution >= 0.6 is 0 Å². The van der Waals surface area contributed by atoms with Gasteiger partial charge in [-0.2, -0.15) is 13.2 Å². The molecule has 10 heteroatoms. The molecular formula is C38H35F3N2O5. The number of nitrogens with zero attached hydrogens (tertiary/aromatic N) is 1. The van der Waals surface area contributed by atoms with E-state index in [0.717, 1.165) is 59.2 Å². The SMILES string of the molecule is O=C(O)[C@H](Cc1ccc(-c2ccccc2)cc1)NC(=O)[C@@H]1Cc2ccc(OCc3ccc(C(F)(F)F)cc3)cc2CN1C(=O)C1CCC1. The van der Waals surface area contributed by atoms with Gasteiger partial charge < -0.3 is 20.1 Å². The lowest BCUT2D eigenvalue weighted by Gasteiger charge is -2.40. The third-order valence-electron chi connectivity index (χ3n) is 9.15. The largest absolute Gasteiger partial charge is 0.489 e. The number of fused-ring (bicyclic) bond motifs is 1. The molecule has 6 rings (SSSR count). The van der Waals surface area contributed by atoms with E-state index in [-0.39, 0.29) is 37.8 Å². The number of halogens is 3. The summed E-state index contributed by atoms with van der Waals surface area (Å²) in [6.07, 6.45) is -1.72. The topological polar surface area (TPSA) is 95.9 Å². The van der Waals surface area contributed by atoms with Crippen molar-refractivity contribution >= 4 is 17.8 Å². The summed E-state index contributed by atoms with van der Waals surface area (Å²) in [6.45, 7) is 0.206. The van der Waals surface area contributed by atoms with E-state index in [1.807, 2.05) is 60.7 Å². The van der Waals surface area contributed by atoms with Crippen molar-refractivity contribution in [1.29, 1.82) is 0 Å². The molecule has 1 saturated carbocycles. The van der Waals surface area contributed by atoms with Crippen LogP contribution < -0.4 is 10.1 Å². The summed E-state index contributed by atoms with van der Waals surface area (Å²) < 4.78 is 44.6. The molecule has 7 nitrogen and oxygen atoms in total. The first-order chi connectivity index (χ1) is 23.0. The number of carboxylic acid groups (broad SMARTS) is 1. The molecule has 2 amide bonds. The van der Waals surface area contributed by atoms with E-state index in [1.54, 1.807) is 17.0 Å². The molecule has 0 aromatic heterocycles. The normalized spacial score (nSPS) is 16.7. The van der Waals surface area contributed by atoms with Crippen LogP contribution in [0.25, 0.3) is 11.1 Å². The van der Waals surface area contributed by atoms with Gasteiger partial charge in [-0.25, -0.2) is 4.79 Å². The van der Waals surface area contributed by atoms with Gasteiger partial charge in [0, 0.05) is 25.3 Å². The predicted molar refractivity (Wildman–Crippen MR) is 173 cm³/mol. The van der Waals surface area contributed by atoms with Gasteiger partial charge >= 0.3 is 12.1 Å². The zero-order valence-corrected chi connectivity index (χ0v) is 26.1. The molecule has 2 aliphatic rings. The second-order valence-electron chi connectivity index (χ2n) is 12.4. The second kappa shape index (κ2) is 13.9. The fourth-order valence-electron chi connectivity index (χ4n) is 6.13. The Labute approximate surface area is 276 Å². The van der Waals surface area contributed by atoms with Crippen molar-refractivity contribution in [3.8, 4) is 16.9 Å². The predicted octanol–water partition coefficient (Wildman–Crippen LogP) is 6.82. The third-order valence-corrected chi connectivity index (χ3v) is 9.15. The third kappa shape index (κ3) is 7.54. The molecule has 0 saturated heterocycles. The number of carbonyl (C=O) groups is 3. The van der Waals surface area contributed by atoms with Crippen LogP contribution in [0.1, 0.15) is 47.1 Å². The van der Waals surface area contributed by atoms with Crippen molar-refractivity contribution in [3.63, 3.8) is 0 Å². The molecule has 4 aromatic carbocycles. The molecule has 0 radical (unpaired) electrons. The van der Waals surface area contributed by atoms with E-state index in [1.165, 1.54) is 12.1 Å². The Hall–Kier alpha value is -5.12. The molecule has 4 aromatic rings. The molecule has 1 heterocycles. The Bertz CT molecular complexity index is 1770. The van der Waals surface area contributed by atoms with Crippen LogP contribution in [-0.2, 0) is 46.6 Å². The molecule has 2 N–H and O–H groups in total. The number of ether oxygens (including phenoxy) is 1. The van der Waals surface area contributed by atoms with Gasteiger partial charge in [-0.3, -0.25) is 9.59 Å². The van der Waals surface area contributed by atoms with Crippen molar-refractivity contribution in [1.82, 2.24) is 10.2 Å². The summed E-state index contributed by atoms with van der Waals surface area (Å²) in [7, 11) is 0. The standard InChI is InChI=1S/C38H35F3N2O5/c39-38(40,41)31-16-11-25(12-17-31)23-48-32-18-15-29-21-34(43(22-30(29)20-32)36(45)28-7-4-8-28)35(44)42-33(37(46)47)19-24-9-13-27(14-10-24)26-5-2-1-3-6-26/h1-3,5-6,9-18,20,28,33-34H,4,7-8,19,21-23H2,(H,42,44)(H,46,47)/t33-,34-/m0/s1. The van der Waals surface area contributed by atoms with Crippen LogP contribution in [-0.4, -0.2) is 39.9 Å². The van der Waals surface area contributed by atoms with Crippen molar-refractivity contribution < 1.29 is 37.4 Å². The lowest BCUT2D eigenvalue weighted by Crippen LogP contribution is -2.57. The zero-order valence-electron chi connectivity index (χ0n) is 26.1. The quantitative estimate of drug-likeness (QED) is 0.196. The molecule has 48 heavy (non-hydrogen) atoms. The van der Waals surface area contributed by atoms with Gasteiger partial charge in [0.1, 0.15) is 24.4 Å².